The summed E-state index contributed by atoms with van der Waals surface area (Å²) in [5.74, 6) is -0.825. The third kappa shape index (κ3) is 3.73. The molecule has 2 aromatic carbocycles. The Kier molecular flexibility index (Phi) is 4.94. The van der Waals surface area contributed by atoms with Crippen LogP contribution in [0.2, 0.25) is 0 Å². The highest BCUT2D eigenvalue weighted by Crippen LogP contribution is 2.18. The highest BCUT2D eigenvalue weighted by Gasteiger charge is 2.18. The van der Waals surface area contributed by atoms with E-state index >= 15 is 0 Å². The maximum Gasteiger partial charge on any atom is 0.252 e. The Hall–Kier alpha value is -2.62. The Morgan fingerprint density at radius 3 is 2.50 bits per heavy atom. The predicted molar refractivity (Wildman–Crippen MR) is 88.4 cm³/mol. The lowest BCUT2D eigenvalue weighted by Gasteiger charge is -2.15. The number of carbonyl (C=O) groups is 2. The number of hydrogen-bond acceptors (Lipinski definition) is 2. The maximum absolute atomic E-state index is 12.5. The normalized spacial score (nSPS) is 11.7. The number of rotatable bonds is 5. The molecule has 2 rings (SSSR count). The number of carbonyl (C=O) groups excluding carboxylic acids is 2. The number of fused-ring (bicyclic) bond motifs is 1. The van der Waals surface area contributed by atoms with Crippen LogP contribution in [0.5, 0.6) is 0 Å². The zero-order valence-corrected chi connectivity index (χ0v) is 12.8. The summed E-state index contributed by atoms with van der Waals surface area (Å²) in [6.45, 7) is 3.87. The van der Waals surface area contributed by atoms with Crippen molar-refractivity contribution in [3.8, 4) is 0 Å². The molecule has 0 aliphatic rings. The summed E-state index contributed by atoms with van der Waals surface area (Å²) in [7, 11) is 0. The second-order valence-electron chi connectivity index (χ2n) is 5.47. The fraction of sp³-hybridized carbons (Fsp3) is 0.222. The quantitative estimate of drug-likeness (QED) is 0.833. The monoisotopic (exact) mass is 296 g/mol. The molecular weight excluding hydrogens is 276 g/mol. The van der Waals surface area contributed by atoms with Gasteiger partial charge in [-0.05, 0) is 37.1 Å². The van der Waals surface area contributed by atoms with Crippen LogP contribution >= 0.6 is 0 Å². The molecule has 0 heterocycles. The Morgan fingerprint density at radius 1 is 1.14 bits per heavy atom. The Bertz CT molecular complexity index is 725. The second kappa shape index (κ2) is 6.89. The van der Waals surface area contributed by atoms with Crippen LogP contribution in [0.3, 0.4) is 0 Å². The molecule has 0 unspecified atom stereocenters. The lowest BCUT2D eigenvalue weighted by atomic mass is 10.0. The van der Waals surface area contributed by atoms with Gasteiger partial charge in [0.15, 0.2) is 0 Å². The van der Waals surface area contributed by atoms with E-state index in [1.165, 1.54) is 0 Å². The summed E-state index contributed by atoms with van der Waals surface area (Å²) in [5, 5.41) is 4.56. The van der Waals surface area contributed by atoms with Gasteiger partial charge in [0.2, 0.25) is 5.91 Å². The number of primary amides is 1. The van der Waals surface area contributed by atoms with E-state index in [2.05, 4.69) is 5.32 Å². The van der Waals surface area contributed by atoms with E-state index in [0.29, 0.717) is 12.0 Å². The van der Waals surface area contributed by atoms with Crippen LogP contribution in [0.15, 0.2) is 54.1 Å². The molecule has 22 heavy (non-hydrogen) atoms. The van der Waals surface area contributed by atoms with Crippen molar-refractivity contribution in [2.45, 2.75) is 26.3 Å². The largest absolute Gasteiger partial charge is 0.368 e. The van der Waals surface area contributed by atoms with Crippen LogP contribution in [0.25, 0.3) is 10.8 Å². The molecule has 0 radical (unpaired) electrons. The summed E-state index contributed by atoms with van der Waals surface area (Å²) < 4.78 is 0. The first-order valence-corrected chi connectivity index (χ1v) is 7.20. The SMILES string of the molecule is CC(C)=CC[C@H](NC(=O)c1cccc2ccccc12)C(N)=O. The van der Waals surface area contributed by atoms with E-state index < -0.39 is 11.9 Å². The average molecular weight is 296 g/mol. The lowest BCUT2D eigenvalue weighted by molar-refractivity contribution is -0.119. The van der Waals surface area contributed by atoms with Crippen molar-refractivity contribution in [3.05, 3.63) is 59.7 Å². The van der Waals surface area contributed by atoms with Gasteiger partial charge >= 0.3 is 0 Å². The van der Waals surface area contributed by atoms with E-state index in [1.54, 1.807) is 6.07 Å². The fourth-order valence-electron chi connectivity index (χ4n) is 2.26. The first-order chi connectivity index (χ1) is 10.5. The number of nitrogens with one attached hydrogen (secondary N) is 1. The van der Waals surface area contributed by atoms with E-state index in [9.17, 15) is 9.59 Å². The molecule has 4 nitrogen and oxygen atoms in total. The zero-order valence-electron chi connectivity index (χ0n) is 12.8. The first-order valence-electron chi connectivity index (χ1n) is 7.20. The van der Waals surface area contributed by atoms with Gasteiger partial charge in [-0.1, -0.05) is 48.0 Å². The van der Waals surface area contributed by atoms with E-state index in [4.69, 9.17) is 5.73 Å². The highest BCUT2D eigenvalue weighted by molar-refractivity contribution is 6.08. The lowest BCUT2D eigenvalue weighted by Crippen LogP contribution is -2.44. The van der Waals surface area contributed by atoms with Gasteiger partial charge < -0.3 is 11.1 Å². The number of allylic oxidation sites excluding steroid dienone is 1. The molecule has 4 heteroatoms. The van der Waals surface area contributed by atoms with Crippen molar-refractivity contribution in [1.82, 2.24) is 5.32 Å². The van der Waals surface area contributed by atoms with Crippen LogP contribution in [-0.4, -0.2) is 17.9 Å². The molecule has 1 atom stereocenters. The molecule has 0 aliphatic heterocycles. The number of nitrogens with two attached hydrogens (primary N) is 1. The van der Waals surface area contributed by atoms with Crippen molar-refractivity contribution < 1.29 is 9.59 Å². The van der Waals surface area contributed by atoms with Gasteiger partial charge in [-0.15, -0.1) is 0 Å². The maximum atomic E-state index is 12.5. The van der Waals surface area contributed by atoms with Crippen LogP contribution in [0.1, 0.15) is 30.6 Å². The minimum Gasteiger partial charge on any atom is -0.368 e. The minimum atomic E-state index is -0.707. The van der Waals surface area contributed by atoms with Crippen molar-refractivity contribution in [3.63, 3.8) is 0 Å². The molecular formula is C18H20N2O2. The predicted octanol–water partition coefficient (Wildman–Crippen LogP) is 2.78. The molecule has 2 aromatic rings. The van der Waals surface area contributed by atoms with E-state index in [0.717, 1.165) is 16.3 Å². The fourth-order valence-corrected chi connectivity index (χ4v) is 2.26. The van der Waals surface area contributed by atoms with Crippen LogP contribution in [-0.2, 0) is 4.79 Å². The Labute approximate surface area is 130 Å². The molecule has 114 valence electrons. The zero-order chi connectivity index (χ0) is 16.1. The molecule has 0 saturated carbocycles. The molecule has 0 saturated heterocycles. The molecule has 0 fully saturated rings. The molecule has 0 spiro atoms. The molecule has 0 aromatic heterocycles. The topological polar surface area (TPSA) is 72.2 Å². The van der Waals surface area contributed by atoms with Crippen molar-refractivity contribution in [2.24, 2.45) is 5.73 Å². The van der Waals surface area contributed by atoms with E-state index in [1.807, 2.05) is 56.3 Å². The van der Waals surface area contributed by atoms with Gasteiger partial charge in [0, 0.05) is 5.56 Å². The van der Waals surface area contributed by atoms with Crippen LogP contribution in [0.4, 0.5) is 0 Å². The van der Waals surface area contributed by atoms with Gasteiger partial charge in [0.25, 0.3) is 5.91 Å². The molecule has 3 N–H and O–H groups in total. The summed E-state index contributed by atoms with van der Waals surface area (Å²) in [6, 6.07) is 12.4. The van der Waals surface area contributed by atoms with Gasteiger partial charge in [0.1, 0.15) is 6.04 Å². The number of amides is 2. The standard InChI is InChI=1S/C18H20N2O2/c1-12(2)10-11-16(17(19)21)20-18(22)15-9-5-7-13-6-3-4-8-14(13)15/h3-10,16H,11H2,1-2H3,(H2,19,21)(H,20,22)/t16-/m0/s1. The Morgan fingerprint density at radius 2 is 1.82 bits per heavy atom. The smallest absolute Gasteiger partial charge is 0.252 e. The van der Waals surface area contributed by atoms with Crippen molar-refractivity contribution in [2.75, 3.05) is 0 Å². The summed E-state index contributed by atoms with van der Waals surface area (Å²) >= 11 is 0. The van der Waals surface area contributed by atoms with Gasteiger partial charge in [-0.25, -0.2) is 0 Å². The van der Waals surface area contributed by atoms with Crippen molar-refractivity contribution >= 4 is 22.6 Å². The molecule has 0 bridgehead atoms. The summed E-state index contributed by atoms with van der Waals surface area (Å²) in [6.07, 6.45) is 2.28. The van der Waals surface area contributed by atoms with E-state index in [-0.39, 0.29) is 5.91 Å². The van der Waals surface area contributed by atoms with Crippen LogP contribution in [0, 0.1) is 0 Å². The molecule has 2 amide bonds. The van der Waals surface area contributed by atoms with Gasteiger partial charge in [-0.2, -0.15) is 0 Å². The van der Waals surface area contributed by atoms with Gasteiger partial charge in [0.05, 0.1) is 0 Å². The van der Waals surface area contributed by atoms with Gasteiger partial charge in [-0.3, -0.25) is 9.59 Å². The highest BCUT2D eigenvalue weighted by atomic mass is 16.2. The summed E-state index contributed by atoms with van der Waals surface area (Å²) in [4.78, 5) is 24.0. The third-order valence-corrected chi connectivity index (χ3v) is 3.44. The van der Waals surface area contributed by atoms with Crippen molar-refractivity contribution in [1.29, 1.82) is 0 Å². The Balaban J connectivity index is 2.26. The number of benzene rings is 2. The second-order valence-corrected chi connectivity index (χ2v) is 5.47. The third-order valence-electron chi connectivity index (χ3n) is 3.44. The van der Waals surface area contributed by atoms with Crippen LogP contribution < -0.4 is 11.1 Å². The minimum absolute atomic E-state index is 0.289. The molecule has 0 aliphatic carbocycles. The number of hydrogen-bond donors (Lipinski definition) is 2. The average Bonchev–Trinajstić information content (AvgIpc) is 2.50. The first kappa shape index (κ1) is 15.8. The summed E-state index contributed by atoms with van der Waals surface area (Å²) in [5.41, 5.74) is 7.00.